The number of nitrogens with zero attached hydrogens (tertiary/aromatic N) is 2. The smallest absolute Gasteiger partial charge is 0.0522 e. The van der Waals surface area contributed by atoms with Crippen LogP contribution in [0.3, 0.4) is 0 Å². The normalized spacial score (nSPS) is 12.6. The van der Waals surface area contributed by atoms with Crippen LogP contribution in [0.1, 0.15) is 29.7 Å². The minimum Gasteiger partial charge on any atom is -0.273 e. The molecule has 0 fully saturated rings. The molecule has 1 unspecified atom stereocenters. The predicted molar refractivity (Wildman–Crippen MR) is 80.5 cm³/mol. The number of hydrogen-bond donors (Lipinski definition) is 2. The molecule has 3 N–H and O–H groups in total. The lowest BCUT2D eigenvalue weighted by atomic mass is 10.0. The third kappa shape index (κ3) is 3.43. The van der Waals surface area contributed by atoms with Crippen molar-refractivity contribution in [1.29, 1.82) is 0 Å². The molecule has 0 aliphatic carbocycles. The summed E-state index contributed by atoms with van der Waals surface area (Å²) < 4.78 is 3.01. The fraction of sp³-hybridized carbons (Fsp3) is 0.357. The van der Waals surface area contributed by atoms with E-state index in [1.54, 1.807) is 0 Å². The number of nitrogens with one attached hydrogen (secondary N) is 1. The van der Waals surface area contributed by atoms with Crippen molar-refractivity contribution in [3.63, 3.8) is 0 Å². The lowest BCUT2D eigenvalue weighted by Gasteiger charge is -2.17. The monoisotopic (exact) mass is 322 g/mol. The number of aromatic nitrogens is 2. The quantitative estimate of drug-likeness (QED) is 0.657. The molecule has 1 aromatic carbocycles. The first kappa shape index (κ1) is 14.2. The van der Waals surface area contributed by atoms with E-state index in [4.69, 9.17) is 5.84 Å². The van der Waals surface area contributed by atoms with Gasteiger partial charge in [0, 0.05) is 17.2 Å². The number of benzene rings is 1. The molecule has 2 rings (SSSR count). The number of halogens is 1. The Hall–Kier alpha value is -1.17. The second-order valence-electron chi connectivity index (χ2n) is 4.65. The van der Waals surface area contributed by atoms with E-state index in [0.29, 0.717) is 0 Å². The van der Waals surface area contributed by atoms with Gasteiger partial charge in [-0.3, -0.25) is 16.0 Å². The zero-order valence-corrected chi connectivity index (χ0v) is 12.8. The summed E-state index contributed by atoms with van der Waals surface area (Å²) in [4.78, 5) is 0. The fourth-order valence-corrected chi connectivity index (χ4v) is 2.86. The van der Waals surface area contributed by atoms with Gasteiger partial charge in [0.15, 0.2) is 0 Å². The lowest BCUT2D eigenvalue weighted by Crippen LogP contribution is -2.29. The average molecular weight is 323 g/mol. The number of rotatable bonds is 5. The molecule has 0 spiro atoms. The SMILES string of the molecule is CCn1cc(CC(NN)c2ccc(C)cc2Br)cn1. The minimum atomic E-state index is 0.0736. The van der Waals surface area contributed by atoms with E-state index in [9.17, 15) is 0 Å². The largest absolute Gasteiger partial charge is 0.273 e. The van der Waals surface area contributed by atoms with Crippen LogP contribution in [0, 0.1) is 6.92 Å². The van der Waals surface area contributed by atoms with Crippen LogP contribution in [-0.2, 0) is 13.0 Å². The molecule has 0 saturated carbocycles. The van der Waals surface area contributed by atoms with Crippen LogP contribution in [0.5, 0.6) is 0 Å². The van der Waals surface area contributed by atoms with E-state index in [2.05, 4.69) is 64.7 Å². The van der Waals surface area contributed by atoms with Gasteiger partial charge in [0.2, 0.25) is 0 Å². The van der Waals surface area contributed by atoms with E-state index in [0.717, 1.165) is 23.0 Å². The van der Waals surface area contributed by atoms with E-state index in [1.165, 1.54) is 11.1 Å². The summed E-state index contributed by atoms with van der Waals surface area (Å²) in [6.07, 6.45) is 4.78. The Kier molecular flexibility index (Phi) is 4.74. The van der Waals surface area contributed by atoms with Crippen LogP contribution >= 0.6 is 15.9 Å². The highest BCUT2D eigenvalue weighted by Gasteiger charge is 2.14. The van der Waals surface area contributed by atoms with Gasteiger partial charge in [-0.25, -0.2) is 0 Å². The number of hydrogen-bond acceptors (Lipinski definition) is 3. The first-order chi connectivity index (χ1) is 9.13. The van der Waals surface area contributed by atoms with Gasteiger partial charge in [0.1, 0.15) is 0 Å². The maximum absolute atomic E-state index is 5.70. The molecule has 5 heteroatoms. The predicted octanol–water partition coefficient (Wildman–Crippen LogP) is 2.72. The Morgan fingerprint density at radius 1 is 1.47 bits per heavy atom. The van der Waals surface area contributed by atoms with Crippen molar-refractivity contribution in [3.05, 3.63) is 51.8 Å². The van der Waals surface area contributed by atoms with Crippen LogP contribution in [0.4, 0.5) is 0 Å². The molecule has 4 nitrogen and oxygen atoms in total. The van der Waals surface area contributed by atoms with Crippen LogP contribution in [-0.4, -0.2) is 9.78 Å². The van der Waals surface area contributed by atoms with Gasteiger partial charge in [-0.1, -0.05) is 28.1 Å². The summed E-state index contributed by atoms with van der Waals surface area (Å²) in [5.41, 5.74) is 6.46. The van der Waals surface area contributed by atoms with Gasteiger partial charge >= 0.3 is 0 Å². The molecule has 2 aromatic rings. The molecule has 1 atom stereocenters. The molecule has 0 bridgehead atoms. The molecule has 0 aliphatic heterocycles. The van der Waals surface area contributed by atoms with E-state index >= 15 is 0 Å². The van der Waals surface area contributed by atoms with Gasteiger partial charge in [-0.2, -0.15) is 5.10 Å². The van der Waals surface area contributed by atoms with Crippen molar-refractivity contribution in [3.8, 4) is 0 Å². The Bertz CT molecular complexity index is 550. The van der Waals surface area contributed by atoms with Gasteiger partial charge < -0.3 is 0 Å². The zero-order valence-electron chi connectivity index (χ0n) is 11.2. The summed E-state index contributed by atoms with van der Waals surface area (Å²) in [6.45, 7) is 5.03. The summed E-state index contributed by atoms with van der Waals surface area (Å²) in [5.74, 6) is 5.70. The zero-order chi connectivity index (χ0) is 13.8. The highest BCUT2D eigenvalue weighted by Crippen LogP contribution is 2.26. The first-order valence-electron chi connectivity index (χ1n) is 6.37. The third-order valence-electron chi connectivity index (χ3n) is 3.18. The van der Waals surface area contributed by atoms with Crippen molar-refractivity contribution < 1.29 is 0 Å². The van der Waals surface area contributed by atoms with Crippen LogP contribution in [0.15, 0.2) is 35.1 Å². The number of hydrazine groups is 1. The standard InChI is InChI=1S/C14H19BrN4/c1-3-19-9-11(8-17-19)7-14(18-16)12-5-4-10(2)6-13(12)15/h4-6,8-9,14,18H,3,7,16H2,1-2H3. The Balaban J connectivity index is 2.19. The molecular weight excluding hydrogens is 304 g/mol. The van der Waals surface area contributed by atoms with Gasteiger partial charge in [0.05, 0.1) is 12.2 Å². The third-order valence-corrected chi connectivity index (χ3v) is 3.87. The Morgan fingerprint density at radius 2 is 2.26 bits per heavy atom. The van der Waals surface area contributed by atoms with Gasteiger partial charge in [-0.15, -0.1) is 0 Å². The average Bonchev–Trinajstić information content (AvgIpc) is 2.84. The molecule has 0 aliphatic rings. The van der Waals surface area contributed by atoms with Crippen molar-refractivity contribution in [1.82, 2.24) is 15.2 Å². The molecule has 1 aromatic heterocycles. The molecule has 1 heterocycles. The van der Waals surface area contributed by atoms with Crippen molar-refractivity contribution >= 4 is 15.9 Å². The Morgan fingerprint density at radius 3 is 2.84 bits per heavy atom. The molecule has 19 heavy (non-hydrogen) atoms. The van der Waals surface area contributed by atoms with Crippen molar-refractivity contribution in [2.24, 2.45) is 5.84 Å². The van der Waals surface area contributed by atoms with E-state index in [1.807, 2.05) is 10.9 Å². The van der Waals surface area contributed by atoms with Crippen molar-refractivity contribution in [2.45, 2.75) is 32.9 Å². The second kappa shape index (κ2) is 6.32. The topological polar surface area (TPSA) is 55.9 Å². The molecular formula is C14H19BrN4. The fourth-order valence-electron chi connectivity index (χ4n) is 2.09. The first-order valence-corrected chi connectivity index (χ1v) is 7.16. The van der Waals surface area contributed by atoms with Crippen LogP contribution in [0.2, 0.25) is 0 Å². The summed E-state index contributed by atoms with van der Waals surface area (Å²) in [5, 5.41) is 4.29. The summed E-state index contributed by atoms with van der Waals surface area (Å²) in [7, 11) is 0. The van der Waals surface area contributed by atoms with E-state index in [-0.39, 0.29) is 6.04 Å². The molecule has 0 saturated heterocycles. The van der Waals surface area contributed by atoms with Crippen LogP contribution in [0.25, 0.3) is 0 Å². The van der Waals surface area contributed by atoms with Gasteiger partial charge in [-0.05, 0) is 43.0 Å². The minimum absolute atomic E-state index is 0.0736. The van der Waals surface area contributed by atoms with E-state index < -0.39 is 0 Å². The number of nitrogens with two attached hydrogens (primary N) is 1. The maximum Gasteiger partial charge on any atom is 0.0522 e. The lowest BCUT2D eigenvalue weighted by molar-refractivity contribution is 0.549. The number of aryl methyl sites for hydroxylation is 2. The van der Waals surface area contributed by atoms with Crippen LogP contribution < -0.4 is 11.3 Å². The highest BCUT2D eigenvalue weighted by molar-refractivity contribution is 9.10. The van der Waals surface area contributed by atoms with Gasteiger partial charge in [0.25, 0.3) is 0 Å². The molecule has 0 amide bonds. The Labute approximate surface area is 122 Å². The highest BCUT2D eigenvalue weighted by atomic mass is 79.9. The second-order valence-corrected chi connectivity index (χ2v) is 5.51. The molecule has 102 valence electrons. The molecule has 0 radical (unpaired) electrons. The van der Waals surface area contributed by atoms with Crippen molar-refractivity contribution in [2.75, 3.05) is 0 Å². The maximum atomic E-state index is 5.70. The summed E-state index contributed by atoms with van der Waals surface area (Å²) in [6, 6.07) is 6.38. The summed E-state index contributed by atoms with van der Waals surface area (Å²) >= 11 is 3.60.